The molecular weight excluding hydrogens is 480 g/mol. The van der Waals surface area contributed by atoms with Gasteiger partial charge in [-0.25, -0.2) is 12.8 Å². The summed E-state index contributed by atoms with van der Waals surface area (Å²) in [5.41, 5.74) is 1.85. The first kappa shape index (κ1) is 26.1. The molecule has 0 radical (unpaired) electrons. The molecule has 27 heavy (non-hydrogen) atoms. The van der Waals surface area contributed by atoms with E-state index in [9.17, 15) is 12.8 Å². The second-order valence-electron chi connectivity index (χ2n) is 7.49. The van der Waals surface area contributed by atoms with Crippen LogP contribution < -0.4 is 10.6 Å². The summed E-state index contributed by atoms with van der Waals surface area (Å²) in [6, 6.07) is 4.83. The van der Waals surface area contributed by atoms with Crippen LogP contribution in [0, 0.1) is 18.2 Å². The molecule has 0 aromatic heterocycles. The molecule has 0 aliphatic heterocycles. The fourth-order valence-electron chi connectivity index (χ4n) is 2.43. The van der Waals surface area contributed by atoms with Crippen molar-refractivity contribution >= 4 is 39.8 Å². The Kier molecular flexibility index (Phi) is 11.4. The third kappa shape index (κ3) is 11.5. The van der Waals surface area contributed by atoms with Crippen molar-refractivity contribution in [2.45, 2.75) is 40.5 Å². The largest absolute Gasteiger partial charge is 0.357 e. The highest BCUT2D eigenvalue weighted by atomic mass is 127. The van der Waals surface area contributed by atoms with E-state index in [-0.39, 0.29) is 41.0 Å². The van der Waals surface area contributed by atoms with Gasteiger partial charge < -0.3 is 10.6 Å². The highest BCUT2D eigenvalue weighted by Crippen LogP contribution is 2.21. The lowest BCUT2D eigenvalue weighted by molar-refractivity contribution is 0.365. The van der Waals surface area contributed by atoms with Gasteiger partial charge in [-0.15, -0.1) is 24.0 Å². The Balaban J connectivity index is 0.00000676. The van der Waals surface area contributed by atoms with Crippen molar-refractivity contribution in [1.82, 2.24) is 10.6 Å². The van der Waals surface area contributed by atoms with Gasteiger partial charge in [-0.2, -0.15) is 0 Å². The van der Waals surface area contributed by atoms with Crippen LogP contribution in [0.1, 0.15) is 38.3 Å². The molecule has 156 valence electrons. The van der Waals surface area contributed by atoms with Gasteiger partial charge in [0.05, 0.1) is 5.75 Å². The fourth-order valence-corrected chi connectivity index (χ4v) is 3.35. The van der Waals surface area contributed by atoms with Crippen LogP contribution in [0.15, 0.2) is 23.2 Å². The van der Waals surface area contributed by atoms with Crippen LogP contribution in [0.4, 0.5) is 4.39 Å². The molecule has 1 rings (SSSR count). The molecule has 1 aromatic rings. The van der Waals surface area contributed by atoms with Gasteiger partial charge in [-0.3, -0.25) is 4.99 Å². The molecule has 0 unspecified atom stereocenters. The first-order valence-electron chi connectivity index (χ1n) is 8.97. The van der Waals surface area contributed by atoms with E-state index in [1.165, 1.54) is 12.3 Å². The van der Waals surface area contributed by atoms with E-state index in [1.807, 2.05) is 33.8 Å². The summed E-state index contributed by atoms with van der Waals surface area (Å²) in [6.07, 6.45) is 2.60. The summed E-state index contributed by atoms with van der Waals surface area (Å²) >= 11 is 0. The molecule has 0 heterocycles. The first-order chi connectivity index (χ1) is 12.0. The molecule has 0 saturated heterocycles. The Morgan fingerprint density at radius 1 is 1.26 bits per heavy atom. The zero-order valence-corrected chi connectivity index (χ0v) is 20.1. The Hall–Kier alpha value is -0.900. The number of nitrogens with one attached hydrogen (secondary N) is 2. The molecule has 1 aromatic carbocycles. The minimum absolute atomic E-state index is 0. The summed E-state index contributed by atoms with van der Waals surface area (Å²) in [7, 11) is -2.96. The zero-order valence-electron chi connectivity index (χ0n) is 16.9. The topological polar surface area (TPSA) is 70.6 Å². The monoisotopic (exact) mass is 513 g/mol. The highest BCUT2D eigenvalue weighted by molar-refractivity contribution is 14.0. The van der Waals surface area contributed by atoms with E-state index in [0.29, 0.717) is 25.5 Å². The van der Waals surface area contributed by atoms with Crippen LogP contribution >= 0.6 is 24.0 Å². The second kappa shape index (κ2) is 11.8. The maximum atomic E-state index is 13.2. The SMILES string of the molecule is CCNC(=NCC(C)(C)CCS(C)(=O)=O)NCCc1ccc(F)cc1C.I. The molecule has 0 atom stereocenters. The number of aliphatic imine (C=N–C) groups is 1. The lowest BCUT2D eigenvalue weighted by Crippen LogP contribution is -2.39. The number of rotatable bonds is 9. The minimum Gasteiger partial charge on any atom is -0.357 e. The predicted molar refractivity (Wildman–Crippen MR) is 122 cm³/mol. The number of hydrogen-bond donors (Lipinski definition) is 2. The summed E-state index contributed by atoms with van der Waals surface area (Å²) in [6.45, 7) is 9.90. The molecule has 0 amide bonds. The van der Waals surface area contributed by atoms with Gasteiger partial charge in [0.1, 0.15) is 15.7 Å². The van der Waals surface area contributed by atoms with Gasteiger partial charge in [0.2, 0.25) is 0 Å². The number of hydrogen-bond acceptors (Lipinski definition) is 3. The molecule has 5 nitrogen and oxygen atoms in total. The number of guanidine groups is 1. The van der Waals surface area contributed by atoms with Crippen LogP contribution in [0.2, 0.25) is 0 Å². The molecule has 0 saturated carbocycles. The van der Waals surface area contributed by atoms with Crippen molar-refractivity contribution in [1.29, 1.82) is 0 Å². The van der Waals surface area contributed by atoms with Crippen LogP contribution in [0.3, 0.4) is 0 Å². The Bertz CT molecular complexity index is 722. The van der Waals surface area contributed by atoms with Gasteiger partial charge >= 0.3 is 0 Å². The van der Waals surface area contributed by atoms with Crippen molar-refractivity contribution in [3.63, 3.8) is 0 Å². The molecule has 0 bridgehead atoms. The van der Waals surface area contributed by atoms with E-state index < -0.39 is 9.84 Å². The number of sulfone groups is 1. The quantitative estimate of drug-likeness (QED) is 0.302. The van der Waals surface area contributed by atoms with Crippen LogP contribution in [-0.2, 0) is 16.3 Å². The van der Waals surface area contributed by atoms with Crippen LogP contribution in [-0.4, -0.2) is 46.0 Å². The molecule has 0 fully saturated rings. The molecule has 0 aliphatic rings. The van der Waals surface area contributed by atoms with E-state index in [1.54, 1.807) is 6.07 Å². The second-order valence-corrected chi connectivity index (χ2v) is 9.75. The third-order valence-corrected chi connectivity index (χ3v) is 5.10. The Morgan fingerprint density at radius 2 is 1.93 bits per heavy atom. The van der Waals surface area contributed by atoms with Gasteiger partial charge in [0, 0.05) is 25.9 Å². The van der Waals surface area contributed by atoms with Gasteiger partial charge in [-0.1, -0.05) is 19.9 Å². The molecule has 0 spiro atoms. The zero-order chi connectivity index (χ0) is 19.8. The summed E-state index contributed by atoms with van der Waals surface area (Å²) in [4.78, 5) is 4.59. The average Bonchev–Trinajstić information content (AvgIpc) is 2.52. The van der Waals surface area contributed by atoms with Crippen molar-refractivity contribution in [2.24, 2.45) is 10.4 Å². The van der Waals surface area contributed by atoms with Crippen LogP contribution in [0.25, 0.3) is 0 Å². The number of benzene rings is 1. The third-order valence-electron chi connectivity index (χ3n) is 4.15. The number of nitrogens with zero attached hydrogens (tertiary/aromatic N) is 1. The molecule has 8 heteroatoms. The fraction of sp³-hybridized carbons (Fsp3) is 0.632. The van der Waals surface area contributed by atoms with Crippen molar-refractivity contribution in [2.75, 3.05) is 31.6 Å². The highest BCUT2D eigenvalue weighted by Gasteiger charge is 2.20. The lowest BCUT2D eigenvalue weighted by atomic mass is 9.90. The molecule has 2 N–H and O–H groups in total. The predicted octanol–water partition coefficient (Wildman–Crippen LogP) is 3.31. The molecular formula is C19H33FIN3O2S. The summed E-state index contributed by atoms with van der Waals surface area (Å²) in [5, 5.41) is 6.48. The minimum atomic E-state index is -2.96. The standard InChI is InChI=1S/C19H32FN3O2S.HI/c1-6-21-18(23-14-19(3,4)10-12-26(5,24)25)22-11-9-16-7-8-17(20)13-15(16)2;/h7-8,13H,6,9-12,14H2,1-5H3,(H2,21,22,23);1H. The maximum Gasteiger partial charge on any atom is 0.191 e. The Morgan fingerprint density at radius 3 is 2.48 bits per heavy atom. The summed E-state index contributed by atoms with van der Waals surface area (Å²) in [5.74, 6) is 0.661. The Labute approximate surface area is 180 Å². The van der Waals surface area contributed by atoms with Crippen molar-refractivity contribution in [3.8, 4) is 0 Å². The van der Waals surface area contributed by atoms with Crippen molar-refractivity contribution < 1.29 is 12.8 Å². The maximum absolute atomic E-state index is 13.2. The van der Waals surface area contributed by atoms with E-state index in [4.69, 9.17) is 0 Å². The smallest absolute Gasteiger partial charge is 0.191 e. The van der Waals surface area contributed by atoms with E-state index >= 15 is 0 Å². The van der Waals surface area contributed by atoms with Gasteiger partial charge in [0.15, 0.2) is 5.96 Å². The number of aryl methyl sites for hydroxylation is 1. The van der Waals surface area contributed by atoms with Gasteiger partial charge in [-0.05, 0) is 55.4 Å². The van der Waals surface area contributed by atoms with E-state index in [0.717, 1.165) is 24.1 Å². The molecule has 0 aliphatic carbocycles. The number of halogens is 2. The van der Waals surface area contributed by atoms with Gasteiger partial charge in [0.25, 0.3) is 0 Å². The van der Waals surface area contributed by atoms with Crippen LogP contribution in [0.5, 0.6) is 0 Å². The lowest BCUT2D eigenvalue weighted by Gasteiger charge is -2.22. The average molecular weight is 513 g/mol. The normalized spacial score (nSPS) is 12.4. The first-order valence-corrected chi connectivity index (χ1v) is 11.0. The summed E-state index contributed by atoms with van der Waals surface area (Å²) < 4.78 is 35.9. The van der Waals surface area contributed by atoms with Crippen molar-refractivity contribution in [3.05, 3.63) is 35.1 Å². The van der Waals surface area contributed by atoms with E-state index in [2.05, 4.69) is 15.6 Å².